The van der Waals surface area contributed by atoms with E-state index in [1.807, 2.05) is 6.92 Å². The topological polar surface area (TPSA) is 432 Å². The van der Waals surface area contributed by atoms with Crippen LogP contribution in [0.5, 0.6) is 0 Å². The van der Waals surface area contributed by atoms with Gasteiger partial charge >= 0.3 is 47.8 Å². The molecule has 24 N–H and O–H groups in total. The van der Waals surface area contributed by atoms with Crippen molar-refractivity contribution in [3.05, 3.63) is 59.4 Å². The number of esters is 8. The van der Waals surface area contributed by atoms with E-state index in [9.17, 15) is 38.4 Å². The molecule has 0 aliphatic heterocycles. The molecule has 7 atom stereocenters. The van der Waals surface area contributed by atoms with Crippen LogP contribution in [0.2, 0.25) is 0 Å². The minimum Gasteiger partial charge on any atom is -0.466 e. The molecule has 125 heavy (non-hydrogen) atoms. The molecule has 0 fully saturated rings. The molecule has 0 aromatic heterocycles. The summed E-state index contributed by atoms with van der Waals surface area (Å²) in [7, 11) is 0. The summed E-state index contributed by atoms with van der Waals surface area (Å²) in [6.07, 6.45) is 51.2. The van der Waals surface area contributed by atoms with E-state index in [4.69, 9.17) is 37.9 Å². The minimum absolute atomic E-state index is 0. The second-order valence-electron chi connectivity index (χ2n) is 32.1. The molecule has 0 heterocycles. The number of ether oxygens (including phenoxy) is 8. The van der Waals surface area contributed by atoms with Gasteiger partial charge in [-0.1, -0.05) is 218 Å². The van der Waals surface area contributed by atoms with Crippen LogP contribution in [-0.4, -0.2) is 152 Å². The van der Waals surface area contributed by atoms with Crippen LogP contribution in [0.4, 0.5) is 0 Å². The first-order valence-corrected chi connectivity index (χ1v) is 48.1. The number of carbonyl (C=O) groups excluding carboxylic acids is 8. The van der Waals surface area contributed by atoms with Crippen LogP contribution < -0.4 is 45.9 Å². The lowest BCUT2D eigenvalue weighted by atomic mass is 9.81. The Morgan fingerprint density at radius 1 is 0.256 bits per heavy atom. The van der Waals surface area contributed by atoms with Gasteiger partial charge in [0.25, 0.3) is 0 Å². The number of quaternary nitrogens is 8. The SMILES string of the molecule is CCCCC(CC)(COC(=O)CCC)COC(=O)CCCCC[NH3+].CCCCC(CC)COC(=O)C(C)[NH3+].CCCCC(CC)COC(=O)C([NH3+])CCCC[NH3+].CCCCC(CC)COC(=O)CCCCC[NH3+].CCCCC(CC)COC(=O)CC[NH3+].CCCCCCCCOC(=O)CCCCC[NH3+].CCCCOC(=O)CCCCC[NH3+].[CH3-].[CH3-].[CH3-].[CH3-].[CH3-].[CH3-].[CH3-].[CH3-]. The fraction of sp³-hybridized carbons (Fsp3) is 0.842. The van der Waals surface area contributed by atoms with Crippen LogP contribution in [0, 0.1) is 88.5 Å². The molecule has 0 aliphatic rings. The normalized spacial score (nSPS) is 11.8. The average molecular weight is 1810 g/mol. The van der Waals surface area contributed by atoms with Crippen LogP contribution in [-0.2, 0) is 76.3 Å². The smallest absolute Gasteiger partial charge is 0.364 e. The molecule has 0 aromatic rings. The lowest BCUT2D eigenvalue weighted by Gasteiger charge is -2.31. The van der Waals surface area contributed by atoms with Gasteiger partial charge in [0.15, 0.2) is 12.1 Å². The van der Waals surface area contributed by atoms with E-state index in [0.717, 1.165) is 219 Å². The van der Waals surface area contributed by atoms with Crippen LogP contribution in [0.15, 0.2) is 0 Å². The summed E-state index contributed by atoms with van der Waals surface area (Å²) in [5.41, 5.74) is 29.8. The summed E-state index contributed by atoms with van der Waals surface area (Å²) in [5.74, 6) is 1.33. The molecular weight excluding hydrogens is 1580 g/mol. The van der Waals surface area contributed by atoms with Gasteiger partial charge in [0.2, 0.25) is 0 Å². The zero-order valence-corrected chi connectivity index (χ0v) is 87.4. The molecule has 0 amide bonds. The zero-order chi connectivity index (χ0) is 89.5. The Hall–Kier alpha value is -4.56. The lowest BCUT2D eigenvalue weighted by Crippen LogP contribution is -2.65. The summed E-state index contributed by atoms with van der Waals surface area (Å²) < 4.78 is 42.1. The van der Waals surface area contributed by atoms with Crippen LogP contribution in [0.1, 0.15) is 418 Å². The summed E-state index contributed by atoms with van der Waals surface area (Å²) in [6.45, 7) is 39.2. The van der Waals surface area contributed by atoms with Crippen LogP contribution in [0.25, 0.3) is 0 Å². The highest BCUT2D eigenvalue weighted by molar-refractivity contribution is 5.74. The molecule has 0 aliphatic carbocycles. The first kappa shape index (κ1) is 155. The Morgan fingerprint density at radius 2 is 0.536 bits per heavy atom. The van der Waals surface area contributed by atoms with Crippen LogP contribution in [0.3, 0.4) is 0 Å². The van der Waals surface area contributed by atoms with Gasteiger partial charge in [0, 0.05) is 43.9 Å². The molecule has 0 rings (SSSR count). The van der Waals surface area contributed by atoms with Crippen molar-refractivity contribution in [3.8, 4) is 0 Å². The molecule has 24 heteroatoms. The highest BCUT2D eigenvalue weighted by Crippen LogP contribution is 2.31. The number of hydrogen-bond donors (Lipinski definition) is 8. The maximum atomic E-state index is 11.9. The number of hydrogen-bond acceptors (Lipinski definition) is 16. The Labute approximate surface area is 776 Å². The van der Waals surface area contributed by atoms with E-state index in [0.29, 0.717) is 122 Å². The van der Waals surface area contributed by atoms with Crippen molar-refractivity contribution in [3.63, 3.8) is 0 Å². The second kappa shape index (κ2) is 126. The maximum absolute atomic E-state index is 11.9. The highest BCUT2D eigenvalue weighted by atomic mass is 16.6. The molecular formula is C101H224N8O16. The molecule has 764 valence electrons. The summed E-state index contributed by atoms with van der Waals surface area (Å²) in [4.78, 5) is 91.4. The lowest BCUT2D eigenvalue weighted by molar-refractivity contribution is -0.410. The molecule has 0 spiro atoms. The van der Waals surface area contributed by atoms with Gasteiger partial charge in [-0.3, -0.25) is 28.8 Å². The third-order valence-corrected chi connectivity index (χ3v) is 20.6. The first-order valence-electron chi connectivity index (χ1n) is 48.1. The van der Waals surface area contributed by atoms with Gasteiger partial charge in [-0.2, -0.15) is 0 Å². The molecule has 0 saturated carbocycles. The third-order valence-electron chi connectivity index (χ3n) is 20.6. The zero-order valence-electron chi connectivity index (χ0n) is 87.4. The van der Waals surface area contributed by atoms with Crippen molar-refractivity contribution in [2.75, 3.05) is 92.1 Å². The fourth-order valence-electron chi connectivity index (χ4n) is 11.6. The molecule has 0 radical (unpaired) electrons. The summed E-state index contributed by atoms with van der Waals surface area (Å²) in [5, 5.41) is 0. The maximum Gasteiger partial charge on any atom is 0.364 e. The van der Waals surface area contributed by atoms with Gasteiger partial charge < -0.3 is 143 Å². The van der Waals surface area contributed by atoms with Crippen molar-refractivity contribution in [1.82, 2.24) is 0 Å². The van der Waals surface area contributed by atoms with Crippen molar-refractivity contribution in [2.45, 2.75) is 430 Å². The van der Waals surface area contributed by atoms with Crippen molar-refractivity contribution in [2.24, 2.45) is 29.1 Å². The van der Waals surface area contributed by atoms with E-state index < -0.39 is 0 Å². The summed E-state index contributed by atoms with van der Waals surface area (Å²) in [6, 6.07) is -0.459. The Balaban J connectivity index is -0.0000000867. The van der Waals surface area contributed by atoms with E-state index in [1.165, 1.54) is 96.3 Å². The van der Waals surface area contributed by atoms with Crippen molar-refractivity contribution >= 4 is 47.8 Å². The number of carbonyl (C=O) groups is 8. The fourth-order valence-corrected chi connectivity index (χ4v) is 11.6. The standard InChI is InChI=1S/C19H37NO4.C14H30N2O2.2C14H29NO2.2C11H23NO2.C10H21NO2.8CH3/c1-4-7-13-19(6-3,15-23-17(21)11-5-2)16-24-18(22)12-9-8-10-14-20;1-3-5-8-12(4-2)11-18-14(17)13(16)9-6-7-10-15;1-3-5-9-13(4-2)12-17-14(16)10-7-6-8-11-15;1-2-3-4-5-6-10-13-17-14(16)11-8-7-9-12-15;1-4-6-7-10(5-2)8-14-11(13)9(3)12;1-3-5-6-10(4-2)9-14-11(13)7-8-12;1-2-3-9-13-10(12)7-5-4-6-8-11;;;;;;;;/h4-16,20H2,1-3H3;12-13H,3-11,15-16H2,1-2H3;13H,3-12,15H2,1-2H3;2-13,15H2,1H3;9-10H,4-8,12H2,1-3H3;10H,3-9,12H2,1-2H3;2-9,11H2,1H3;8*1H3/q;;;;;;;8*-1/p+8. The monoisotopic (exact) mass is 1810 g/mol. The van der Waals surface area contributed by atoms with Gasteiger partial charge in [-0.05, 0) is 178 Å². The van der Waals surface area contributed by atoms with E-state index in [1.54, 1.807) is 6.92 Å². The van der Waals surface area contributed by atoms with Gasteiger partial charge in [0.1, 0.15) is 13.2 Å². The largest absolute Gasteiger partial charge is 0.466 e. The average Bonchev–Trinajstić information content (AvgIpc) is 0.867. The molecule has 24 nitrogen and oxygen atoms in total. The second-order valence-corrected chi connectivity index (χ2v) is 32.1. The summed E-state index contributed by atoms with van der Waals surface area (Å²) >= 11 is 0. The molecule has 0 aromatic carbocycles. The van der Waals surface area contributed by atoms with E-state index >= 15 is 0 Å². The van der Waals surface area contributed by atoms with E-state index in [2.05, 4.69) is 129 Å². The number of rotatable bonds is 72. The van der Waals surface area contributed by atoms with Gasteiger partial charge in [-0.25, -0.2) is 9.59 Å². The quantitative estimate of drug-likeness (QED) is 0.0121. The number of unbranched alkanes of at least 4 members (excludes halogenated alkanes) is 20. The van der Waals surface area contributed by atoms with Gasteiger partial charge in [-0.15, -0.1) is 0 Å². The minimum atomic E-state index is -0.251. The van der Waals surface area contributed by atoms with Crippen LogP contribution >= 0.6 is 0 Å². The molecule has 0 saturated heterocycles. The molecule has 0 bridgehead atoms. The first-order chi connectivity index (χ1) is 56.4. The van der Waals surface area contributed by atoms with Gasteiger partial charge in [0.05, 0.1) is 85.3 Å². The predicted octanol–water partition coefficient (Wildman–Crippen LogP) is 16.8. The van der Waals surface area contributed by atoms with E-state index in [-0.39, 0.29) is 125 Å². The predicted molar refractivity (Wildman–Crippen MR) is 526 cm³/mol. The van der Waals surface area contributed by atoms with Crippen molar-refractivity contribution < 1.29 is 122 Å². The Morgan fingerprint density at radius 3 is 0.848 bits per heavy atom. The van der Waals surface area contributed by atoms with Crippen molar-refractivity contribution in [1.29, 1.82) is 0 Å². The Bertz CT molecular complexity index is 2140. The Kier molecular flexibility index (Phi) is 155. The highest BCUT2D eigenvalue weighted by Gasteiger charge is 2.32. The molecule has 7 unspecified atom stereocenters. The third kappa shape index (κ3) is 122.